The number of ether oxygens (including phenoxy) is 2. The molecule has 1 amide bonds. The number of benzene rings is 1. The molecular formula is C31H43N3O5. The smallest absolute Gasteiger partial charge is 0.410 e. The van der Waals surface area contributed by atoms with Gasteiger partial charge in [-0.25, -0.2) is 9.78 Å². The summed E-state index contributed by atoms with van der Waals surface area (Å²) in [5.41, 5.74) is 0.623. The van der Waals surface area contributed by atoms with Gasteiger partial charge in [0.2, 0.25) is 0 Å². The summed E-state index contributed by atoms with van der Waals surface area (Å²) in [5.74, 6) is 0.987. The zero-order chi connectivity index (χ0) is 28.5. The molecule has 0 N–H and O–H groups in total. The lowest BCUT2D eigenvalue weighted by Crippen LogP contribution is -2.52. The molecule has 1 aliphatic heterocycles. The number of carbonyl (C=O) groups is 3. The third kappa shape index (κ3) is 4.44. The fourth-order valence-electron chi connectivity index (χ4n) is 7.88. The first-order chi connectivity index (χ1) is 18.3. The van der Waals surface area contributed by atoms with Gasteiger partial charge in [0.05, 0.1) is 24.1 Å². The highest BCUT2D eigenvalue weighted by atomic mass is 16.6. The predicted molar refractivity (Wildman–Crippen MR) is 148 cm³/mol. The van der Waals surface area contributed by atoms with E-state index in [0.29, 0.717) is 43.0 Å². The number of hydrogen-bond donors (Lipinski definition) is 0. The lowest BCUT2D eigenvalue weighted by molar-refractivity contribution is -0.149. The number of likely N-dealkylation sites (tertiary alicyclic amines) is 1. The first-order valence-electron chi connectivity index (χ1n) is 14.3. The van der Waals surface area contributed by atoms with E-state index in [9.17, 15) is 14.4 Å². The monoisotopic (exact) mass is 537 g/mol. The van der Waals surface area contributed by atoms with Crippen LogP contribution in [0.3, 0.4) is 0 Å². The van der Waals surface area contributed by atoms with Crippen molar-refractivity contribution in [2.45, 2.75) is 79.4 Å². The van der Waals surface area contributed by atoms with Crippen molar-refractivity contribution in [3.63, 3.8) is 0 Å². The maximum Gasteiger partial charge on any atom is 0.410 e. The zero-order valence-electron chi connectivity index (χ0n) is 24.6. The van der Waals surface area contributed by atoms with Crippen LogP contribution in [0.5, 0.6) is 0 Å². The van der Waals surface area contributed by atoms with Gasteiger partial charge >= 0.3 is 12.1 Å². The molecule has 2 unspecified atom stereocenters. The molecule has 212 valence electrons. The van der Waals surface area contributed by atoms with Crippen LogP contribution in [0.25, 0.3) is 11.0 Å². The molecule has 8 nitrogen and oxygen atoms in total. The van der Waals surface area contributed by atoms with E-state index in [1.807, 2.05) is 49.6 Å². The largest absolute Gasteiger partial charge is 0.469 e. The molecule has 0 radical (unpaired) electrons. The summed E-state index contributed by atoms with van der Waals surface area (Å²) in [7, 11) is 1.40. The Morgan fingerprint density at radius 1 is 1.13 bits per heavy atom. The molecule has 39 heavy (non-hydrogen) atoms. The number of ketones is 1. The topological polar surface area (TPSA) is 90.7 Å². The quantitative estimate of drug-likeness (QED) is 0.323. The number of carbonyl (C=O) groups excluding carboxylic acids is 3. The van der Waals surface area contributed by atoms with Gasteiger partial charge in [0.1, 0.15) is 5.60 Å². The minimum atomic E-state index is -0.640. The molecule has 2 saturated carbocycles. The van der Waals surface area contributed by atoms with Crippen LogP contribution in [0.15, 0.2) is 24.3 Å². The van der Waals surface area contributed by atoms with E-state index in [1.165, 1.54) is 7.11 Å². The summed E-state index contributed by atoms with van der Waals surface area (Å²) < 4.78 is 12.9. The van der Waals surface area contributed by atoms with Crippen molar-refractivity contribution >= 4 is 28.9 Å². The molecule has 1 spiro atoms. The molecule has 1 aromatic heterocycles. The molecule has 2 aliphatic carbocycles. The molecule has 8 heteroatoms. The summed E-state index contributed by atoms with van der Waals surface area (Å²) in [4.78, 5) is 46.5. The number of amides is 1. The highest BCUT2D eigenvalue weighted by Crippen LogP contribution is 2.95. The van der Waals surface area contributed by atoms with E-state index in [1.54, 1.807) is 4.90 Å². The molecule has 1 saturated heterocycles. The van der Waals surface area contributed by atoms with E-state index in [2.05, 4.69) is 27.7 Å². The zero-order valence-corrected chi connectivity index (χ0v) is 24.6. The number of rotatable bonds is 7. The van der Waals surface area contributed by atoms with Crippen molar-refractivity contribution in [2.24, 2.45) is 34.5 Å². The lowest BCUT2D eigenvalue weighted by atomic mass is 9.69. The molecular weight excluding hydrogens is 494 g/mol. The Bertz CT molecular complexity index is 1310. The third-order valence-corrected chi connectivity index (χ3v) is 9.20. The van der Waals surface area contributed by atoms with Gasteiger partial charge in [0, 0.05) is 25.6 Å². The summed E-state index contributed by atoms with van der Waals surface area (Å²) in [6.07, 6.45) is 1.62. The van der Waals surface area contributed by atoms with Gasteiger partial charge in [-0.1, -0.05) is 26.0 Å². The van der Waals surface area contributed by atoms with Gasteiger partial charge in [0.15, 0.2) is 11.6 Å². The van der Waals surface area contributed by atoms with Crippen LogP contribution < -0.4 is 0 Å². The Morgan fingerprint density at radius 3 is 2.44 bits per heavy atom. The molecule has 0 bridgehead atoms. The number of nitrogens with zero attached hydrogens (tertiary/aromatic N) is 3. The number of methoxy groups -OCH3 is 1. The van der Waals surface area contributed by atoms with Gasteiger partial charge < -0.3 is 18.9 Å². The second-order valence-electron chi connectivity index (χ2n) is 13.7. The van der Waals surface area contributed by atoms with Crippen molar-refractivity contribution in [1.82, 2.24) is 14.5 Å². The molecule has 5 rings (SSSR count). The highest BCUT2D eigenvalue weighted by molar-refractivity contribution is 5.98. The molecule has 2 heterocycles. The maximum absolute atomic E-state index is 14.1. The summed E-state index contributed by atoms with van der Waals surface area (Å²) in [5, 5.41) is 0. The van der Waals surface area contributed by atoms with Crippen LogP contribution in [0.1, 0.15) is 84.4 Å². The van der Waals surface area contributed by atoms with E-state index >= 15 is 0 Å². The maximum atomic E-state index is 14.1. The van der Waals surface area contributed by atoms with Crippen LogP contribution in [-0.2, 0) is 14.3 Å². The summed E-state index contributed by atoms with van der Waals surface area (Å²) in [6, 6.07) is 7.97. The van der Waals surface area contributed by atoms with E-state index in [4.69, 9.17) is 14.5 Å². The van der Waals surface area contributed by atoms with Crippen molar-refractivity contribution in [2.75, 3.05) is 20.2 Å². The third-order valence-electron chi connectivity index (χ3n) is 9.20. The van der Waals surface area contributed by atoms with Crippen LogP contribution in [-0.4, -0.2) is 58.1 Å². The molecule has 1 aromatic carbocycles. The van der Waals surface area contributed by atoms with Crippen LogP contribution >= 0.6 is 0 Å². The second-order valence-corrected chi connectivity index (χ2v) is 13.7. The minimum absolute atomic E-state index is 0.0389. The van der Waals surface area contributed by atoms with E-state index < -0.39 is 17.6 Å². The first-order valence-corrected chi connectivity index (χ1v) is 14.3. The molecule has 3 fully saturated rings. The van der Waals surface area contributed by atoms with Crippen molar-refractivity contribution < 1.29 is 23.9 Å². The van der Waals surface area contributed by atoms with Gasteiger partial charge in [-0.15, -0.1) is 0 Å². The van der Waals surface area contributed by atoms with E-state index in [0.717, 1.165) is 17.5 Å². The normalized spacial score (nSPS) is 29.6. The number of esters is 1. The van der Waals surface area contributed by atoms with Gasteiger partial charge in [-0.2, -0.15) is 0 Å². The average Bonchev–Trinajstić information content (AvgIpc) is 3.56. The number of aromatic nitrogens is 2. The Labute approximate surface area is 231 Å². The number of imidazole rings is 1. The second kappa shape index (κ2) is 9.34. The minimum Gasteiger partial charge on any atom is -0.469 e. The van der Waals surface area contributed by atoms with Crippen LogP contribution in [0, 0.1) is 34.5 Å². The van der Waals surface area contributed by atoms with Gasteiger partial charge in [0.25, 0.3) is 0 Å². The van der Waals surface area contributed by atoms with Crippen LogP contribution in [0.4, 0.5) is 4.79 Å². The van der Waals surface area contributed by atoms with Crippen LogP contribution in [0.2, 0.25) is 0 Å². The van der Waals surface area contributed by atoms with Crippen molar-refractivity contribution in [3.05, 3.63) is 30.1 Å². The summed E-state index contributed by atoms with van der Waals surface area (Å²) >= 11 is 0. The highest BCUT2D eigenvalue weighted by Gasteiger charge is 2.94. The Balaban J connectivity index is 1.48. The summed E-state index contributed by atoms with van der Waals surface area (Å²) in [6.45, 7) is 14.9. The Morgan fingerprint density at radius 2 is 1.82 bits per heavy atom. The Hall–Kier alpha value is -2.90. The van der Waals surface area contributed by atoms with Crippen molar-refractivity contribution in [1.29, 1.82) is 0 Å². The van der Waals surface area contributed by atoms with Crippen molar-refractivity contribution in [3.8, 4) is 0 Å². The number of Topliss-reactive ketones (excluding diaryl/α,β-unsaturated/α-hetero) is 1. The van der Waals surface area contributed by atoms with E-state index in [-0.39, 0.29) is 35.2 Å². The number of hydrogen-bond acceptors (Lipinski definition) is 6. The first kappa shape index (κ1) is 27.7. The SMILES string of the molecule is COC(=O)[C@H]1CN(C(=O)OC(C)(C)C)C[C@]2(C1)C1[C@@H](CC(C)C)C12CC(=O)c1nc2ccccc2n1C(C)C. The average molecular weight is 538 g/mol. The number of piperidine rings is 1. The number of fused-ring (bicyclic) bond motifs is 4. The molecule has 5 atom stereocenters. The standard InChI is InChI=1S/C31H43N3O5/c1-18(2)13-21-25-30(14-20(27(36)38-8)16-33(17-30)28(37)39-29(5,6)7)31(21,25)15-24(35)26-32-22-11-9-10-12-23(22)34(26)19(3)4/h9-12,18-21,25H,13-17H2,1-8H3/t20-,21-,25?,30-,31?/m1/s1. The molecule has 3 aliphatic rings. The predicted octanol–water partition coefficient (Wildman–Crippen LogP) is 5.90. The fourth-order valence-corrected chi connectivity index (χ4v) is 7.88. The molecule has 2 aromatic rings. The number of para-hydroxylation sites is 2. The van der Waals surface area contributed by atoms with Gasteiger partial charge in [-0.3, -0.25) is 9.59 Å². The van der Waals surface area contributed by atoms with Gasteiger partial charge in [-0.05, 0) is 88.2 Å². The Kier molecular flexibility index (Phi) is 6.62. The fraction of sp³-hybridized carbons (Fsp3) is 0.677. The lowest BCUT2D eigenvalue weighted by Gasteiger charge is -2.44.